The Hall–Kier alpha value is -5.49. The summed E-state index contributed by atoms with van der Waals surface area (Å²) in [7, 11) is 0. The van der Waals surface area contributed by atoms with Gasteiger partial charge in [0.1, 0.15) is 12.5 Å². The van der Waals surface area contributed by atoms with Crippen LogP contribution in [0.15, 0.2) is 134 Å². The van der Waals surface area contributed by atoms with Crippen LogP contribution in [0.1, 0.15) is 63.8 Å². The number of hydrogen-bond donors (Lipinski definition) is 0. The maximum atomic E-state index is 16.8. The molecule has 0 N–H and O–H groups in total. The van der Waals surface area contributed by atoms with E-state index in [9.17, 15) is 0 Å². The highest BCUT2D eigenvalue weighted by Gasteiger charge is 2.36. The lowest BCUT2D eigenvalue weighted by Crippen LogP contribution is -2.24. The van der Waals surface area contributed by atoms with Crippen LogP contribution in [0, 0.1) is 0 Å². The van der Waals surface area contributed by atoms with Gasteiger partial charge in [-0.25, -0.2) is 4.98 Å². The van der Waals surface area contributed by atoms with Gasteiger partial charge in [0, 0.05) is 39.5 Å². The molecule has 8 rings (SSSR count). The first-order valence-corrected chi connectivity index (χ1v) is 17.5. The number of nitrogens with zero attached hydrogens (tertiary/aromatic N) is 4. The van der Waals surface area contributed by atoms with Crippen molar-refractivity contribution in [2.75, 3.05) is 16.5 Å². The summed E-state index contributed by atoms with van der Waals surface area (Å²) in [5.41, 5.74) is 7.65. The Morgan fingerprint density at radius 3 is 1.82 bits per heavy atom. The molecule has 7 aromatic rings. The number of alkyl halides is 2. The zero-order valence-electron chi connectivity index (χ0n) is 30.0. The summed E-state index contributed by atoms with van der Waals surface area (Å²) < 4.78 is 35.6. The van der Waals surface area contributed by atoms with Crippen molar-refractivity contribution in [3.05, 3.63) is 156 Å². The molecule has 0 unspecified atom stereocenters. The highest BCUT2D eigenvalue weighted by Crippen LogP contribution is 2.46. The average Bonchev–Trinajstić information content (AvgIpc) is 3.67. The molecule has 2 aromatic heterocycles. The summed E-state index contributed by atoms with van der Waals surface area (Å²) in [6.45, 7) is 13.6. The van der Waals surface area contributed by atoms with Crippen LogP contribution in [0.25, 0.3) is 27.6 Å². The van der Waals surface area contributed by atoms with Gasteiger partial charge in [-0.05, 0) is 82.6 Å². The maximum absolute atomic E-state index is 16.8. The fraction of sp³-hybridized carbons (Fsp3) is 0.222. The van der Waals surface area contributed by atoms with Crippen LogP contribution in [0.2, 0.25) is 0 Å². The van der Waals surface area contributed by atoms with Crippen molar-refractivity contribution in [3.63, 3.8) is 0 Å². The van der Waals surface area contributed by atoms with Crippen LogP contribution in [-0.2, 0) is 16.8 Å². The molecule has 0 bridgehead atoms. The second-order valence-corrected chi connectivity index (χ2v) is 15.6. The van der Waals surface area contributed by atoms with E-state index in [4.69, 9.17) is 4.98 Å². The molecule has 0 aliphatic carbocycles. The van der Waals surface area contributed by atoms with E-state index in [0.717, 1.165) is 38.9 Å². The summed E-state index contributed by atoms with van der Waals surface area (Å²) in [6, 6.07) is 40.8. The number of para-hydroxylation sites is 3. The van der Waals surface area contributed by atoms with Crippen molar-refractivity contribution in [2.45, 2.75) is 58.3 Å². The molecule has 0 atom stereocenters. The van der Waals surface area contributed by atoms with Gasteiger partial charge in [-0.3, -0.25) is 4.57 Å². The van der Waals surface area contributed by atoms with Crippen LogP contribution >= 0.6 is 0 Å². The summed E-state index contributed by atoms with van der Waals surface area (Å²) in [4.78, 5) is 9.08. The first kappa shape index (κ1) is 32.7. The minimum Gasteiger partial charge on any atom is -0.321 e. The number of halogens is 2. The van der Waals surface area contributed by atoms with Crippen LogP contribution in [0.5, 0.6) is 0 Å². The number of aromatic nitrogens is 2. The molecule has 4 nitrogen and oxygen atoms in total. The van der Waals surface area contributed by atoms with Gasteiger partial charge in [0.2, 0.25) is 0 Å². The summed E-state index contributed by atoms with van der Waals surface area (Å²) in [6.07, 6.45) is 1.80. The van der Waals surface area contributed by atoms with Gasteiger partial charge in [0.25, 0.3) is 5.92 Å². The maximum Gasteiger partial charge on any atom is 0.298 e. The van der Waals surface area contributed by atoms with E-state index in [0.29, 0.717) is 23.7 Å². The second-order valence-electron chi connectivity index (χ2n) is 15.6. The molecule has 5 aromatic carbocycles. The zero-order chi connectivity index (χ0) is 35.7. The lowest BCUT2D eigenvalue weighted by atomic mass is 9.87. The number of hydrogen-bond acceptors (Lipinski definition) is 3. The fourth-order valence-electron chi connectivity index (χ4n) is 7.25. The van der Waals surface area contributed by atoms with Crippen molar-refractivity contribution >= 4 is 44.6 Å². The number of anilines is 4. The van der Waals surface area contributed by atoms with Crippen LogP contribution in [-0.4, -0.2) is 16.2 Å². The van der Waals surface area contributed by atoms with Crippen LogP contribution in [0.3, 0.4) is 0 Å². The first-order valence-electron chi connectivity index (χ1n) is 17.5. The minimum absolute atomic E-state index is 0.0501. The van der Waals surface area contributed by atoms with E-state index < -0.39 is 5.92 Å². The smallest absolute Gasteiger partial charge is 0.298 e. The SMILES string of the molecule is CC(C)(C)c1ccc(N2CN(c3cccc(C(F)(F)c4ccc5c6ccccc6n(-c6cc(C(C)(C)C)ccn6)c5c4)c3)c3ccccc32)cc1. The number of benzene rings is 5. The molecule has 0 fully saturated rings. The van der Waals surface area contributed by atoms with Gasteiger partial charge in [-0.1, -0.05) is 108 Å². The highest BCUT2D eigenvalue weighted by atomic mass is 19.3. The van der Waals surface area contributed by atoms with Gasteiger partial charge in [0.05, 0.1) is 22.4 Å². The number of rotatable bonds is 5. The van der Waals surface area contributed by atoms with Gasteiger partial charge < -0.3 is 9.80 Å². The molecule has 0 amide bonds. The predicted octanol–water partition coefficient (Wildman–Crippen LogP) is 12.2. The van der Waals surface area contributed by atoms with Gasteiger partial charge >= 0.3 is 0 Å². The second kappa shape index (κ2) is 11.8. The van der Waals surface area contributed by atoms with Gasteiger partial charge in [0.15, 0.2) is 0 Å². The quantitative estimate of drug-likeness (QED) is 0.181. The first-order chi connectivity index (χ1) is 24.3. The third-order valence-electron chi connectivity index (χ3n) is 10.2. The normalized spacial score (nSPS) is 13.7. The molecule has 1 aliphatic heterocycles. The van der Waals surface area contributed by atoms with E-state index >= 15 is 8.78 Å². The van der Waals surface area contributed by atoms with E-state index in [2.05, 4.69) is 93.8 Å². The Morgan fingerprint density at radius 1 is 0.510 bits per heavy atom. The molecule has 256 valence electrons. The Morgan fingerprint density at radius 2 is 1.12 bits per heavy atom. The summed E-state index contributed by atoms with van der Waals surface area (Å²) in [5.74, 6) is -2.55. The highest BCUT2D eigenvalue weighted by molar-refractivity contribution is 6.09. The standard InChI is InChI=1S/C45H42F2N4/c1-43(2,3)30-18-21-34(22-19-30)49-29-50(40-17-10-9-16-39(40)49)35-13-11-12-32(26-35)45(46,47)33-20-23-37-36-14-7-8-15-38(36)51(41(37)27-33)42-28-31(24-25-48-42)44(4,5)6/h7-28H,29H2,1-6H3. The molecule has 1 aliphatic rings. The van der Waals surface area contributed by atoms with Crippen molar-refractivity contribution in [3.8, 4) is 5.82 Å². The third kappa shape index (κ3) is 5.63. The number of pyridine rings is 1. The topological polar surface area (TPSA) is 24.3 Å². The Balaban J connectivity index is 1.19. The largest absolute Gasteiger partial charge is 0.321 e. The Bertz CT molecular complexity index is 2410. The van der Waals surface area contributed by atoms with Crippen molar-refractivity contribution in [2.24, 2.45) is 0 Å². The van der Waals surface area contributed by atoms with Crippen LogP contribution < -0.4 is 9.80 Å². The fourth-order valence-corrected chi connectivity index (χ4v) is 7.25. The lowest BCUT2D eigenvalue weighted by molar-refractivity contribution is 0.0430. The van der Waals surface area contributed by atoms with Gasteiger partial charge in [-0.2, -0.15) is 8.78 Å². The summed E-state index contributed by atoms with van der Waals surface area (Å²) >= 11 is 0. The van der Waals surface area contributed by atoms with Crippen molar-refractivity contribution in [1.82, 2.24) is 9.55 Å². The molecule has 3 heterocycles. The molecule has 6 heteroatoms. The summed E-state index contributed by atoms with van der Waals surface area (Å²) in [5, 5.41) is 1.91. The molecule has 0 radical (unpaired) electrons. The number of fused-ring (bicyclic) bond motifs is 4. The molecule has 51 heavy (non-hydrogen) atoms. The van der Waals surface area contributed by atoms with Crippen molar-refractivity contribution in [1.29, 1.82) is 0 Å². The molecule has 0 saturated heterocycles. The monoisotopic (exact) mass is 676 g/mol. The Kier molecular flexibility index (Phi) is 7.56. The Labute approximate surface area is 298 Å². The van der Waals surface area contributed by atoms with E-state index in [1.807, 2.05) is 59.2 Å². The molecular formula is C45H42F2N4. The molecule has 0 spiro atoms. The van der Waals surface area contributed by atoms with E-state index in [1.165, 1.54) is 11.6 Å². The van der Waals surface area contributed by atoms with E-state index in [-0.39, 0.29) is 22.0 Å². The van der Waals surface area contributed by atoms with Crippen LogP contribution in [0.4, 0.5) is 31.5 Å². The molecular weight excluding hydrogens is 635 g/mol. The minimum atomic E-state index is -3.26. The predicted molar refractivity (Wildman–Crippen MR) is 207 cm³/mol. The average molecular weight is 677 g/mol. The molecule has 0 saturated carbocycles. The van der Waals surface area contributed by atoms with Gasteiger partial charge in [-0.15, -0.1) is 0 Å². The third-order valence-corrected chi connectivity index (χ3v) is 10.2. The lowest BCUT2D eigenvalue weighted by Gasteiger charge is -2.25. The van der Waals surface area contributed by atoms with E-state index in [1.54, 1.807) is 30.5 Å². The zero-order valence-corrected chi connectivity index (χ0v) is 30.0. The van der Waals surface area contributed by atoms with Crippen molar-refractivity contribution < 1.29 is 8.78 Å².